The van der Waals surface area contributed by atoms with Crippen LogP contribution in [-0.4, -0.2) is 15.9 Å². The van der Waals surface area contributed by atoms with Crippen LogP contribution in [0.3, 0.4) is 0 Å². The van der Waals surface area contributed by atoms with E-state index in [1.54, 1.807) is 23.6 Å². The van der Waals surface area contributed by atoms with Gasteiger partial charge in [0.05, 0.1) is 11.3 Å². The Bertz CT molecular complexity index is 567. The molecule has 0 saturated heterocycles. The number of carbonyl (C=O) groups is 1. The Labute approximate surface area is 109 Å². The minimum Gasteiger partial charge on any atom is -0.298 e. The second-order valence-corrected chi connectivity index (χ2v) is 5.47. The zero-order chi connectivity index (χ0) is 12.5. The predicted octanol–water partition coefficient (Wildman–Crippen LogP) is 2.59. The highest BCUT2D eigenvalue weighted by molar-refractivity contribution is 7.15. The molecule has 0 radical (unpaired) electrons. The van der Waals surface area contributed by atoms with Crippen LogP contribution in [0, 0.1) is 6.92 Å². The molecule has 4 nitrogen and oxygen atoms in total. The third-order valence-corrected chi connectivity index (χ3v) is 4.06. The minimum absolute atomic E-state index is 0.144. The molecule has 1 aliphatic rings. The molecule has 2 aromatic heterocycles. The summed E-state index contributed by atoms with van der Waals surface area (Å²) >= 11 is 1.58. The van der Waals surface area contributed by atoms with E-state index < -0.39 is 0 Å². The number of nitrogens with zero attached hydrogens (tertiary/aromatic N) is 2. The number of pyridine rings is 1. The maximum atomic E-state index is 12.0. The van der Waals surface area contributed by atoms with Crippen LogP contribution < -0.4 is 5.32 Å². The molecule has 3 rings (SSSR count). The van der Waals surface area contributed by atoms with Gasteiger partial charge >= 0.3 is 0 Å². The number of amides is 1. The van der Waals surface area contributed by atoms with E-state index in [0.29, 0.717) is 10.7 Å². The van der Waals surface area contributed by atoms with E-state index in [4.69, 9.17) is 0 Å². The van der Waals surface area contributed by atoms with E-state index in [1.807, 2.05) is 13.0 Å². The van der Waals surface area contributed by atoms with Crippen molar-refractivity contribution in [3.05, 3.63) is 40.2 Å². The molecular weight excluding hydrogens is 246 g/mol. The number of carbonyl (C=O) groups excluding carboxylic acids is 1. The summed E-state index contributed by atoms with van der Waals surface area (Å²) in [6.45, 7) is 1.90. The van der Waals surface area contributed by atoms with Crippen molar-refractivity contribution >= 4 is 22.4 Å². The fourth-order valence-electron chi connectivity index (χ4n) is 2.02. The van der Waals surface area contributed by atoms with Gasteiger partial charge in [-0.15, -0.1) is 11.3 Å². The topological polar surface area (TPSA) is 54.9 Å². The fraction of sp³-hybridized carbons (Fsp3) is 0.308. The molecule has 1 aliphatic carbocycles. The van der Waals surface area contributed by atoms with E-state index in [9.17, 15) is 4.79 Å². The summed E-state index contributed by atoms with van der Waals surface area (Å²) in [5.41, 5.74) is 2.62. The highest BCUT2D eigenvalue weighted by atomic mass is 32.1. The molecule has 0 unspecified atom stereocenters. The summed E-state index contributed by atoms with van der Waals surface area (Å²) < 4.78 is 0. The van der Waals surface area contributed by atoms with Crippen molar-refractivity contribution in [2.45, 2.75) is 26.2 Å². The second kappa shape index (κ2) is 4.49. The SMILES string of the molecule is Cc1ccc(C(=O)Nc2nc3c(s2)CCC3)cn1. The predicted molar refractivity (Wildman–Crippen MR) is 71.1 cm³/mol. The Hall–Kier alpha value is -1.75. The fourth-order valence-corrected chi connectivity index (χ4v) is 3.06. The average molecular weight is 259 g/mol. The van der Waals surface area contributed by atoms with Crippen LogP contribution in [0.4, 0.5) is 5.13 Å². The number of aromatic nitrogens is 2. The van der Waals surface area contributed by atoms with Gasteiger partial charge in [0.1, 0.15) is 0 Å². The highest BCUT2D eigenvalue weighted by Gasteiger charge is 2.18. The summed E-state index contributed by atoms with van der Waals surface area (Å²) in [5.74, 6) is -0.144. The average Bonchev–Trinajstić information content (AvgIpc) is 2.90. The van der Waals surface area contributed by atoms with Gasteiger partial charge < -0.3 is 0 Å². The third-order valence-electron chi connectivity index (χ3n) is 2.99. The van der Waals surface area contributed by atoms with Crippen molar-refractivity contribution in [1.82, 2.24) is 9.97 Å². The molecule has 18 heavy (non-hydrogen) atoms. The monoisotopic (exact) mass is 259 g/mol. The van der Waals surface area contributed by atoms with E-state index >= 15 is 0 Å². The van der Waals surface area contributed by atoms with Crippen LogP contribution in [0.25, 0.3) is 0 Å². The van der Waals surface area contributed by atoms with Gasteiger partial charge in [0.15, 0.2) is 5.13 Å². The summed E-state index contributed by atoms with van der Waals surface area (Å²) in [6.07, 6.45) is 4.90. The lowest BCUT2D eigenvalue weighted by molar-refractivity contribution is 0.102. The van der Waals surface area contributed by atoms with Gasteiger partial charge in [0.25, 0.3) is 5.91 Å². The first kappa shape index (κ1) is 11.3. The van der Waals surface area contributed by atoms with Gasteiger partial charge in [-0.1, -0.05) is 0 Å². The first-order valence-electron chi connectivity index (χ1n) is 5.95. The largest absolute Gasteiger partial charge is 0.298 e. The summed E-state index contributed by atoms with van der Waals surface area (Å²) in [7, 11) is 0. The van der Waals surface area contributed by atoms with Crippen LogP contribution in [-0.2, 0) is 12.8 Å². The number of thiazole rings is 1. The maximum absolute atomic E-state index is 12.0. The molecule has 0 fully saturated rings. The van der Waals surface area contributed by atoms with Crippen molar-refractivity contribution in [2.24, 2.45) is 0 Å². The van der Waals surface area contributed by atoms with Crippen molar-refractivity contribution in [2.75, 3.05) is 5.32 Å². The van der Waals surface area contributed by atoms with Gasteiger partial charge in [-0.2, -0.15) is 0 Å². The number of aryl methyl sites for hydroxylation is 3. The van der Waals surface area contributed by atoms with Crippen molar-refractivity contribution in [3.8, 4) is 0 Å². The van der Waals surface area contributed by atoms with Crippen LogP contribution in [0.1, 0.15) is 33.0 Å². The maximum Gasteiger partial charge on any atom is 0.259 e. The normalized spacial score (nSPS) is 13.4. The Morgan fingerprint density at radius 2 is 2.28 bits per heavy atom. The molecule has 0 bridgehead atoms. The Kier molecular flexibility index (Phi) is 2.83. The van der Waals surface area contributed by atoms with Gasteiger partial charge in [-0.3, -0.25) is 15.1 Å². The van der Waals surface area contributed by atoms with Crippen molar-refractivity contribution < 1.29 is 4.79 Å². The van der Waals surface area contributed by atoms with Gasteiger partial charge in [0, 0.05) is 16.8 Å². The van der Waals surface area contributed by atoms with Crippen LogP contribution >= 0.6 is 11.3 Å². The first-order valence-corrected chi connectivity index (χ1v) is 6.76. The molecule has 2 heterocycles. The molecule has 1 N–H and O–H groups in total. The summed E-state index contributed by atoms with van der Waals surface area (Å²) in [4.78, 5) is 21.8. The molecule has 0 aromatic carbocycles. The van der Waals surface area contributed by atoms with Crippen LogP contribution in [0.2, 0.25) is 0 Å². The van der Waals surface area contributed by atoms with Gasteiger partial charge in [-0.05, 0) is 38.3 Å². The quantitative estimate of drug-likeness (QED) is 0.902. The highest BCUT2D eigenvalue weighted by Crippen LogP contribution is 2.30. The number of hydrogen-bond donors (Lipinski definition) is 1. The zero-order valence-corrected chi connectivity index (χ0v) is 10.9. The first-order chi connectivity index (χ1) is 8.72. The molecule has 1 amide bonds. The van der Waals surface area contributed by atoms with Crippen LogP contribution in [0.5, 0.6) is 0 Å². The Morgan fingerprint density at radius 1 is 1.39 bits per heavy atom. The van der Waals surface area contributed by atoms with E-state index in [0.717, 1.165) is 24.2 Å². The van der Waals surface area contributed by atoms with Crippen LogP contribution in [0.15, 0.2) is 18.3 Å². The lowest BCUT2D eigenvalue weighted by atomic mass is 10.2. The van der Waals surface area contributed by atoms with E-state index in [2.05, 4.69) is 15.3 Å². The molecule has 0 saturated carbocycles. The summed E-state index contributed by atoms with van der Waals surface area (Å²) in [6, 6.07) is 3.61. The second-order valence-electron chi connectivity index (χ2n) is 4.38. The van der Waals surface area contributed by atoms with Gasteiger partial charge in [-0.25, -0.2) is 4.98 Å². The van der Waals surface area contributed by atoms with Crippen molar-refractivity contribution in [3.63, 3.8) is 0 Å². The molecule has 0 aliphatic heterocycles. The molecule has 92 valence electrons. The minimum atomic E-state index is -0.144. The Morgan fingerprint density at radius 3 is 3.00 bits per heavy atom. The lowest BCUT2D eigenvalue weighted by Gasteiger charge is -2.01. The lowest BCUT2D eigenvalue weighted by Crippen LogP contribution is -2.12. The molecule has 5 heteroatoms. The van der Waals surface area contributed by atoms with Crippen molar-refractivity contribution in [1.29, 1.82) is 0 Å². The molecule has 0 atom stereocenters. The zero-order valence-electron chi connectivity index (χ0n) is 10.1. The van der Waals surface area contributed by atoms with Gasteiger partial charge in [0.2, 0.25) is 0 Å². The summed E-state index contributed by atoms with van der Waals surface area (Å²) in [5, 5.41) is 3.53. The number of fused-ring (bicyclic) bond motifs is 1. The smallest absolute Gasteiger partial charge is 0.259 e. The number of rotatable bonds is 2. The van der Waals surface area contributed by atoms with E-state index in [-0.39, 0.29) is 5.91 Å². The molecular formula is C13H13N3OS. The standard InChI is InChI=1S/C13H13N3OS/c1-8-5-6-9(7-14-8)12(17)16-13-15-10-3-2-4-11(10)18-13/h5-7H,2-4H2,1H3,(H,15,16,17). The molecule has 0 spiro atoms. The number of anilines is 1. The van der Waals surface area contributed by atoms with E-state index in [1.165, 1.54) is 11.3 Å². The third kappa shape index (κ3) is 2.13. The Balaban J connectivity index is 1.75. The molecule has 2 aromatic rings. The number of nitrogens with one attached hydrogen (secondary N) is 1. The number of hydrogen-bond acceptors (Lipinski definition) is 4.